The van der Waals surface area contributed by atoms with Gasteiger partial charge in [-0.15, -0.1) is 0 Å². The summed E-state index contributed by atoms with van der Waals surface area (Å²) >= 11 is 5.60. The standard InChI is InChI=1S/C14H11ClFN3O4/c1-2-23-14(22)11-9-10(17-18-11)13(21)19(12(9)20)6-3-4-7(15)8(16)5-6/h3-5,9-10,17H,2H2,1H3/t9-,10-/m1/s1. The summed E-state index contributed by atoms with van der Waals surface area (Å²) in [6, 6.07) is 2.58. The minimum Gasteiger partial charge on any atom is -0.461 e. The van der Waals surface area contributed by atoms with Crippen LogP contribution in [0.5, 0.6) is 0 Å². The molecular weight excluding hydrogens is 329 g/mol. The molecule has 0 aliphatic carbocycles. The van der Waals surface area contributed by atoms with Crippen LogP contribution in [0.3, 0.4) is 0 Å². The molecule has 2 amide bonds. The zero-order chi connectivity index (χ0) is 16.7. The Labute approximate surface area is 135 Å². The molecule has 0 saturated carbocycles. The van der Waals surface area contributed by atoms with E-state index in [9.17, 15) is 18.8 Å². The van der Waals surface area contributed by atoms with E-state index in [-0.39, 0.29) is 23.0 Å². The van der Waals surface area contributed by atoms with Crippen LogP contribution in [0.2, 0.25) is 5.02 Å². The van der Waals surface area contributed by atoms with E-state index in [2.05, 4.69) is 10.5 Å². The number of hydrogen-bond acceptors (Lipinski definition) is 6. The summed E-state index contributed by atoms with van der Waals surface area (Å²) in [6.07, 6.45) is 0. The van der Waals surface area contributed by atoms with Crippen molar-refractivity contribution in [1.82, 2.24) is 5.43 Å². The molecule has 0 unspecified atom stereocenters. The molecule has 2 aliphatic rings. The third-order valence-corrected chi connectivity index (χ3v) is 3.88. The SMILES string of the molecule is CCOC(=O)C1=NN[C@H]2C(=O)N(c3ccc(Cl)c(F)c3)C(=O)[C@@H]12. The number of benzene rings is 1. The number of rotatable bonds is 3. The minimum atomic E-state index is -1.08. The first-order valence-electron chi connectivity index (χ1n) is 6.78. The fourth-order valence-electron chi connectivity index (χ4n) is 2.54. The Hall–Kier alpha value is -2.48. The van der Waals surface area contributed by atoms with Gasteiger partial charge in [0.15, 0.2) is 5.71 Å². The molecule has 1 saturated heterocycles. The van der Waals surface area contributed by atoms with Crippen LogP contribution >= 0.6 is 11.6 Å². The molecule has 7 nitrogen and oxygen atoms in total. The monoisotopic (exact) mass is 339 g/mol. The van der Waals surface area contributed by atoms with Crippen molar-refractivity contribution in [2.45, 2.75) is 13.0 Å². The first kappa shape index (κ1) is 15.4. The molecule has 3 rings (SSSR count). The maximum atomic E-state index is 13.6. The molecule has 120 valence electrons. The fraction of sp³-hybridized carbons (Fsp3) is 0.286. The largest absolute Gasteiger partial charge is 0.461 e. The number of carbonyl (C=O) groups is 3. The van der Waals surface area contributed by atoms with E-state index in [4.69, 9.17) is 16.3 Å². The van der Waals surface area contributed by atoms with Crippen LogP contribution in [0, 0.1) is 11.7 Å². The van der Waals surface area contributed by atoms with Crippen LogP contribution in [0.4, 0.5) is 10.1 Å². The summed E-state index contributed by atoms with van der Waals surface area (Å²) in [7, 11) is 0. The van der Waals surface area contributed by atoms with E-state index in [1.54, 1.807) is 6.92 Å². The maximum Gasteiger partial charge on any atom is 0.355 e. The number of nitrogens with one attached hydrogen (secondary N) is 1. The van der Waals surface area contributed by atoms with Gasteiger partial charge in [0, 0.05) is 0 Å². The van der Waals surface area contributed by atoms with E-state index in [0.717, 1.165) is 11.0 Å². The van der Waals surface area contributed by atoms with Crippen LogP contribution < -0.4 is 10.3 Å². The van der Waals surface area contributed by atoms with Crippen molar-refractivity contribution in [3.8, 4) is 0 Å². The van der Waals surface area contributed by atoms with Gasteiger partial charge in [0.1, 0.15) is 17.8 Å². The third-order valence-electron chi connectivity index (χ3n) is 3.57. The highest BCUT2D eigenvalue weighted by Gasteiger charge is 2.55. The molecule has 2 aliphatic heterocycles. The van der Waals surface area contributed by atoms with Gasteiger partial charge in [0.25, 0.3) is 5.91 Å². The first-order valence-corrected chi connectivity index (χ1v) is 7.16. The number of ether oxygens (including phenoxy) is 1. The van der Waals surface area contributed by atoms with Gasteiger partial charge in [-0.1, -0.05) is 11.6 Å². The molecule has 1 aromatic rings. The zero-order valence-electron chi connectivity index (χ0n) is 11.9. The summed E-state index contributed by atoms with van der Waals surface area (Å²) in [5, 5.41) is 3.60. The topological polar surface area (TPSA) is 88.1 Å². The van der Waals surface area contributed by atoms with Gasteiger partial charge in [0.05, 0.1) is 17.3 Å². The summed E-state index contributed by atoms with van der Waals surface area (Å²) in [6.45, 7) is 1.73. The smallest absolute Gasteiger partial charge is 0.355 e. The predicted octanol–water partition coefficient (Wildman–Crippen LogP) is 0.859. The molecule has 2 atom stereocenters. The summed E-state index contributed by atoms with van der Waals surface area (Å²) < 4.78 is 18.4. The Kier molecular flexibility index (Phi) is 3.77. The lowest BCUT2D eigenvalue weighted by atomic mass is 9.99. The third kappa shape index (κ3) is 2.35. The molecule has 1 fully saturated rings. The van der Waals surface area contributed by atoms with Crippen molar-refractivity contribution >= 4 is 40.8 Å². The lowest BCUT2D eigenvalue weighted by Crippen LogP contribution is -2.36. The summed E-state index contributed by atoms with van der Waals surface area (Å²) in [5.74, 6) is -3.89. The average Bonchev–Trinajstić information content (AvgIpc) is 3.04. The van der Waals surface area contributed by atoms with Crippen LogP contribution in [-0.2, 0) is 19.1 Å². The molecule has 1 N–H and O–H groups in total. The number of hydrogen-bond donors (Lipinski definition) is 1. The van der Waals surface area contributed by atoms with Gasteiger partial charge >= 0.3 is 5.97 Å². The maximum absolute atomic E-state index is 13.6. The number of anilines is 1. The minimum absolute atomic E-state index is 0.0429. The number of carbonyl (C=O) groups excluding carboxylic acids is 3. The molecule has 9 heteroatoms. The Morgan fingerprint density at radius 2 is 2.17 bits per heavy atom. The number of esters is 1. The van der Waals surface area contributed by atoms with Crippen LogP contribution in [0.15, 0.2) is 23.3 Å². The molecule has 0 bridgehead atoms. The molecular formula is C14H11ClFN3O4. The second kappa shape index (κ2) is 5.62. The average molecular weight is 340 g/mol. The van der Waals surface area contributed by atoms with Gasteiger partial charge in [-0.2, -0.15) is 5.10 Å². The number of hydrazone groups is 1. The molecule has 2 heterocycles. The predicted molar refractivity (Wildman–Crippen MR) is 78.4 cm³/mol. The van der Waals surface area contributed by atoms with Crippen molar-refractivity contribution in [2.24, 2.45) is 11.0 Å². The summed E-state index contributed by atoms with van der Waals surface area (Å²) in [4.78, 5) is 37.6. The van der Waals surface area contributed by atoms with Crippen molar-refractivity contribution in [1.29, 1.82) is 0 Å². The van der Waals surface area contributed by atoms with E-state index in [1.165, 1.54) is 12.1 Å². The normalized spacial score (nSPS) is 22.7. The summed E-state index contributed by atoms with van der Waals surface area (Å²) in [5.41, 5.74) is 2.35. The lowest BCUT2D eigenvalue weighted by molar-refractivity contribution is -0.136. The highest BCUT2D eigenvalue weighted by atomic mass is 35.5. The van der Waals surface area contributed by atoms with Gasteiger partial charge in [0.2, 0.25) is 5.91 Å². The Morgan fingerprint density at radius 1 is 1.43 bits per heavy atom. The molecule has 1 aromatic carbocycles. The zero-order valence-corrected chi connectivity index (χ0v) is 12.6. The van der Waals surface area contributed by atoms with Crippen LogP contribution in [0.25, 0.3) is 0 Å². The molecule has 0 spiro atoms. The Bertz CT molecular complexity index is 752. The molecule has 0 aromatic heterocycles. The Balaban J connectivity index is 1.93. The number of amides is 2. The quantitative estimate of drug-likeness (QED) is 0.652. The first-order chi connectivity index (χ1) is 11.0. The molecule has 23 heavy (non-hydrogen) atoms. The van der Waals surface area contributed by atoms with Crippen molar-refractivity contribution in [3.63, 3.8) is 0 Å². The highest BCUT2D eigenvalue weighted by Crippen LogP contribution is 2.32. The van der Waals surface area contributed by atoms with E-state index >= 15 is 0 Å². The van der Waals surface area contributed by atoms with Crippen molar-refractivity contribution in [2.75, 3.05) is 11.5 Å². The van der Waals surface area contributed by atoms with E-state index < -0.39 is 35.6 Å². The van der Waals surface area contributed by atoms with Crippen molar-refractivity contribution in [3.05, 3.63) is 29.0 Å². The second-order valence-electron chi connectivity index (χ2n) is 4.91. The lowest BCUT2D eigenvalue weighted by Gasteiger charge is -2.16. The van der Waals surface area contributed by atoms with Gasteiger partial charge in [-0.3, -0.25) is 15.0 Å². The van der Waals surface area contributed by atoms with Crippen LogP contribution in [0.1, 0.15) is 6.92 Å². The van der Waals surface area contributed by atoms with Crippen LogP contribution in [-0.4, -0.2) is 36.1 Å². The molecule has 0 radical (unpaired) electrons. The number of halogens is 2. The van der Waals surface area contributed by atoms with Gasteiger partial charge < -0.3 is 4.74 Å². The van der Waals surface area contributed by atoms with Gasteiger partial charge in [-0.25, -0.2) is 14.1 Å². The number of nitrogens with zero attached hydrogens (tertiary/aromatic N) is 2. The van der Waals surface area contributed by atoms with E-state index in [0.29, 0.717) is 0 Å². The fourth-order valence-corrected chi connectivity index (χ4v) is 2.66. The van der Waals surface area contributed by atoms with E-state index in [1.807, 2.05) is 0 Å². The second-order valence-corrected chi connectivity index (χ2v) is 5.32. The number of fused-ring (bicyclic) bond motifs is 1. The highest BCUT2D eigenvalue weighted by molar-refractivity contribution is 6.46. The Morgan fingerprint density at radius 3 is 2.83 bits per heavy atom. The number of imide groups is 1. The van der Waals surface area contributed by atoms with Gasteiger partial charge in [-0.05, 0) is 25.1 Å². The van der Waals surface area contributed by atoms with Crippen molar-refractivity contribution < 1.29 is 23.5 Å².